The largest absolute Gasteiger partial charge is 0.487 e. The van der Waals surface area contributed by atoms with E-state index < -0.39 is 0 Å². The van der Waals surface area contributed by atoms with Crippen LogP contribution >= 0.6 is 11.6 Å². The van der Waals surface area contributed by atoms with E-state index in [2.05, 4.69) is 28.0 Å². The van der Waals surface area contributed by atoms with Crippen molar-refractivity contribution in [3.8, 4) is 0 Å². The van der Waals surface area contributed by atoms with Gasteiger partial charge in [-0.3, -0.25) is 14.6 Å². The molecular formula is C24H26ClN3O2. The second-order valence-corrected chi connectivity index (χ2v) is 8.88. The quantitative estimate of drug-likeness (QED) is 0.676. The molecular weight excluding hydrogens is 398 g/mol. The number of carbonyl (C=O) groups excluding carboxylic acids is 1. The van der Waals surface area contributed by atoms with E-state index in [4.69, 9.17) is 16.3 Å². The standard InChI is InChI=1S/C24H26ClN3O2/c1-26(2)18-7-8-19-16(12-18)14-30-23(19)22-20-13-17(25)6-9-21(20)28(24(22)29)15-27-10-4-3-5-11-27/h6-9,12-13H,3-5,10-11,14-15H2,1-2H3. The van der Waals surface area contributed by atoms with E-state index in [0.29, 0.717) is 29.6 Å². The Morgan fingerprint density at radius 2 is 1.83 bits per heavy atom. The van der Waals surface area contributed by atoms with Crippen molar-refractivity contribution in [2.45, 2.75) is 25.9 Å². The summed E-state index contributed by atoms with van der Waals surface area (Å²) in [6.45, 7) is 3.15. The summed E-state index contributed by atoms with van der Waals surface area (Å²) in [6.07, 6.45) is 3.65. The number of hydrogen-bond acceptors (Lipinski definition) is 4. The molecule has 6 heteroatoms. The Kier molecular flexibility index (Phi) is 4.95. The Morgan fingerprint density at radius 3 is 2.60 bits per heavy atom. The molecule has 5 rings (SSSR count). The Bertz CT molecular complexity index is 1040. The molecule has 0 N–H and O–H groups in total. The third-order valence-corrected chi connectivity index (χ3v) is 6.45. The van der Waals surface area contributed by atoms with Crippen LogP contribution in [0.15, 0.2) is 36.4 Å². The molecule has 0 aromatic heterocycles. The molecule has 3 aliphatic rings. The molecule has 0 spiro atoms. The number of halogens is 1. The van der Waals surface area contributed by atoms with Gasteiger partial charge in [-0.25, -0.2) is 0 Å². The highest BCUT2D eigenvalue weighted by Gasteiger charge is 2.38. The smallest absolute Gasteiger partial charge is 0.263 e. The van der Waals surface area contributed by atoms with E-state index in [-0.39, 0.29) is 5.91 Å². The van der Waals surface area contributed by atoms with Crippen molar-refractivity contribution < 1.29 is 9.53 Å². The summed E-state index contributed by atoms with van der Waals surface area (Å²) in [4.78, 5) is 19.9. The minimum Gasteiger partial charge on any atom is -0.487 e. The van der Waals surface area contributed by atoms with E-state index in [1.165, 1.54) is 19.3 Å². The van der Waals surface area contributed by atoms with Gasteiger partial charge in [-0.15, -0.1) is 0 Å². The number of hydrogen-bond donors (Lipinski definition) is 0. The molecule has 3 heterocycles. The third kappa shape index (κ3) is 3.26. The van der Waals surface area contributed by atoms with Crippen LogP contribution in [-0.4, -0.2) is 44.7 Å². The Morgan fingerprint density at radius 1 is 1.03 bits per heavy atom. The number of benzene rings is 2. The van der Waals surface area contributed by atoms with E-state index in [9.17, 15) is 4.79 Å². The first-order valence-electron chi connectivity index (χ1n) is 10.5. The summed E-state index contributed by atoms with van der Waals surface area (Å²) in [5, 5.41) is 0.626. The molecule has 2 aromatic carbocycles. The number of amides is 1. The van der Waals surface area contributed by atoms with Crippen molar-refractivity contribution in [3.05, 3.63) is 58.1 Å². The van der Waals surface area contributed by atoms with E-state index >= 15 is 0 Å². The van der Waals surface area contributed by atoms with Crippen molar-refractivity contribution in [1.29, 1.82) is 0 Å². The van der Waals surface area contributed by atoms with Gasteiger partial charge in [-0.05, 0) is 62.3 Å². The molecule has 3 aliphatic heterocycles. The van der Waals surface area contributed by atoms with E-state index in [1.54, 1.807) is 0 Å². The number of piperidine rings is 1. The summed E-state index contributed by atoms with van der Waals surface area (Å²) < 4.78 is 6.10. The van der Waals surface area contributed by atoms with Crippen molar-refractivity contribution in [1.82, 2.24) is 4.90 Å². The SMILES string of the molecule is CN(C)c1ccc2c(c1)COC2=C1C(=O)N(CN2CCCCC2)c2ccc(Cl)cc21. The fourth-order valence-corrected chi connectivity index (χ4v) is 4.77. The van der Waals surface area contributed by atoms with Crippen LogP contribution in [-0.2, 0) is 16.1 Å². The van der Waals surface area contributed by atoms with Crippen molar-refractivity contribution in [2.24, 2.45) is 0 Å². The number of ether oxygens (including phenoxy) is 1. The zero-order valence-corrected chi connectivity index (χ0v) is 18.2. The summed E-state index contributed by atoms with van der Waals surface area (Å²) >= 11 is 6.33. The molecule has 30 heavy (non-hydrogen) atoms. The number of carbonyl (C=O) groups is 1. The van der Waals surface area contributed by atoms with Gasteiger partial charge in [0, 0.05) is 41.5 Å². The second-order valence-electron chi connectivity index (χ2n) is 8.44. The molecule has 1 fully saturated rings. The molecule has 0 saturated carbocycles. The number of anilines is 2. The molecule has 5 nitrogen and oxygen atoms in total. The van der Waals surface area contributed by atoms with E-state index in [0.717, 1.165) is 41.2 Å². The Labute approximate surface area is 182 Å². The average Bonchev–Trinajstić information content (AvgIpc) is 3.27. The Balaban J connectivity index is 1.58. The van der Waals surface area contributed by atoms with Crippen LogP contribution in [0.4, 0.5) is 11.4 Å². The highest BCUT2D eigenvalue weighted by Crippen LogP contribution is 2.45. The minimum atomic E-state index is -0.00243. The zero-order valence-electron chi connectivity index (χ0n) is 17.4. The van der Waals surface area contributed by atoms with Crippen LogP contribution < -0.4 is 9.80 Å². The van der Waals surface area contributed by atoms with Crippen LogP contribution in [0.2, 0.25) is 5.02 Å². The number of nitrogens with zero attached hydrogens (tertiary/aromatic N) is 3. The molecule has 0 atom stereocenters. The fourth-order valence-electron chi connectivity index (χ4n) is 4.60. The van der Waals surface area contributed by atoms with Gasteiger partial charge in [0.2, 0.25) is 0 Å². The predicted molar refractivity (Wildman–Crippen MR) is 122 cm³/mol. The lowest BCUT2D eigenvalue weighted by atomic mass is 10.00. The molecule has 0 radical (unpaired) electrons. The lowest BCUT2D eigenvalue weighted by Gasteiger charge is -2.30. The lowest BCUT2D eigenvalue weighted by Crippen LogP contribution is -2.42. The van der Waals surface area contributed by atoms with Crippen molar-refractivity contribution in [2.75, 3.05) is 43.7 Å². The van der Waals surface area contributed by atoms with Gasteiger partial charge in [0.05, 0.1) is 17.9 Å². The monoisotopic (exact) mass is 423 g/mol. The maximum absolute atomic E-state index is 13.6. The summed E-state index contributed by atoms with van der Waals surface area (Å²) in [7, 11) is 4.04. The number of likely N-dealkylation sites (tertiary alicyclic amines) is 1. The molecule has 1 amide bonds. The van der Waals surface area contributed by atoms with Gasteiger partial charge in [-0.1, -0.05) is 18.0 Å². The maximum atomic E-state index is 13.6. The predicted octanol–water partition coefficient (Wildman–Crippen LogP) is 4.59. The average molecular weight is 424 g/mol. The van der Waals surface area contributed by atoms with Crippen molar-refractivity contribution in [3.63, 3.8) is 0 Å². The topological polar surface area (TPSA) is 36.0 Å². The van der Waals surface area contributed by atoms with Gasteiger partial charge < -0.3 is 9.64 Å². The number of fused-ring (bicyclic) bond motifs is 2. The van der Waals surface area contributed by atoms with Crippen LogP contribution in [0.1, 0.15) is 36.0 Å². The first-order valence-corrected chi connectivity index (χ1v) is 10.9. The van der Waals surface area contributed by atoms with Crippen LogP contribution in [0.5, 0.6) is 0 Å². The number of rotatable bonds is 3. The summed E-state index contributed by atoms with van der Waals surface area (Å²) in [6, 6.07) is 12.0. The molecule has 0 unspecified atom stereocenters. The second kappa shape index (κ2) is 7.64. The molecule has 156 valence electrons. The summed E-state index contributed by atoms with van der Waals surface area (Å²) in [5.41, 5.74) is 5.63. The highest BCUT2D eigenvalue weighted by atomic mass is 35.5. The molecule has 1 saturated heterocycles. The van der Waals surface area contributed by atoms with Crippen molar-refractivity contribution >= 4 is 40.2 Å². The minimum absolute atomic E-state index is 0.00243. The van der Waals surface area contributed by atoms with Gasteiger partial charge in [0.25, 0.3) is 5.91 Å². The van der Waals surface area contributed by atoms with E-state index in [1.807, 2.05) is 37.2 Å². The normalized spacial score (nSPS) is 20.9. The zero-order chi connectivity index (χ0) is 20.8. The molecule has 0 aliphatic carbocycles. The Hall–Kier alpha value is -2.50. The van der Waals surface area contributed by atoms with Crippen LogP contribution in [0.3, 0.4) is 0 Å². The lowest BCUT2D eigenvalue weighted by molar-refractivity contribution is -0.113. The fraction of sp³-hybridized carbons (Fsp3) is 0.375. The van der Waals surface area contributed by atoms with Crippen LogP contribution in [0, 0.1) is 0 Å². The summed E-state index contributed by atoms with van der Waals surface area (Å²) in [5.74, 6) is 0.669. The molecule has 0 bridgehead atoms. The van der Waals surface area contributed by atoms with Gasteiger partial charge in [-0.2, -0.15) is 0 Å². The van der Waals surface area contributed by atoms with Gasteiger partial charge in [0.1, 0.15) is 12.4 Å². The first kappa shape index (κ1) is 19.5. The third-order valence-electron chi connectivity index (χ3n) is 6.22. The highest BCUT2D eigenvalue weighted by molar-refractivity contribution is 6.38. The van der Waals surface area contributed by atoms with Gasteiger partial charge in [0.15, 0.2) is 0 Å². The van der Waals surface area contributed by atoms with Gasteiger partial charge >= 0.3 is 0 Å². The molecule has 2 aromatic rings. The first-order chi connectivity index (χ1) is 14.5. The van der Waals surface area contributed by atoms with Crippen LogP contribution in [0.25, 0.3) is 11.3 Å². The maximum Gasteiger partial charge on any atom is 0.263 e.